The van der Waals surface area contributed by atoms with Gasteiger partial charge in [0.15, 0.2) is 6.61 Å². The average Bonchev–Trinajstić information content (AvgIpc) is 3.12. The number of rotatable bonds is 7. The molecule has 1 aliphatic rings. The molecule has 3 aromatic rings. The Morgan fingerprint density at radius 2 is 1.83 bits per heavy atom. The van der Waals surface area contributed by atoms with Gasteiger partial charge in [0.05, 0.1) is 10.6 Å². The van der Waals surface area contributed by atoms with E-state index < -0.39 is 40.8 Å². The molecule has 1 aliphatic heterocycles. The number of ether oxygens (including phenoxy) is 1. The highest BCUT2D eigenvalue weighted by Gasteiger charge is 2.35. The number of halogens is 1. The summed E-state index contributed by atoms with van der Waals surface area (Å²) in [6.45, 7) is -0.645. The molecule has 1 fully saturated rings. The first-order valence-corrected chi connectivity index (χ1v) is 10.2. The van der Waals surface area contributed by atoms with E-state index in [1.54, 1.807) is 30.3 Å². The third-order valence-electron chi connectivity index (χ3n) is 4.88. The highest BCUT2D eigenvalue weighted by molar-refractivity contribution is 6.31. The molecule has 3 amide bonds. The second-order valence-electron chi connectivity index (χ2n) is 7.27. The number of carbonyl (C=O) groups excluding carboxylic acids is 3. The number of nitro benzene ring substituents is 1. The van der Waals surface area contributed by atoms with E-state index in [4.69, 9.17) is 4.74 Å². The molecule has 3 aromatic carbocycles. The van der Waals surface area contributed by atoms with E-state index in [2.05, 4.69) is 10.7 Å². The molecule has 176 valence electrons. The molecule has 0 atom stereocenters. The molecule has 0 aromatic heterocycles. The minimum atomic E-state index is -0.714. The van der Waals surface area contributed by atoms with Crippen LogP contribution in [0.4, 0.5) is 21.5 Å². The van der Waals surface area contributed by atoms with E-state index in [1.807, 2.05) is 0 Å². The maximum absolute atomic E-state index is 13.3. The van der Waals surface area contributed by atoms with Crippen molar-refractivity contribution >= 4 is 40.9 Å². The zero-order chi connectivity index (χ0) is 24.9. The lowest BCUT2D eigenvalue weighted by atomic mass is 10.1. The summed E-state index contributed by atoms with van der Waals surface area (Å²) in [5, 5.41) is 15.0. The van der Waals surface area contributed by atoms with Gasteiger partial charge < -0.3 is 10.1 Å². The fraction of sp³-hybridized carbons (Fsp3) is 0.0417. The van der Waals surface area contributed by atoms with Crippen LogP contribution in [0.15, 0.2) is 78.4 Å². The van der Waals surface area contributed by atoms with Gasteiger partial charge >= 0.3 is 5.69 Å². The maximum Gasteiger partial charge on any atom is 0.311 e. The summed E-state index contributed by atoms with van der Waals surface area (Å²) in [6.07, 6.45) is 1.16. The Kier molecular flexibility index (Phi) is 6.49. The number of carbonyl (C=O) groups is 3. The molecule has 35 heavy (non-hydrogen) atoms. The van der Waals surface area contributed by atoms with Gasteiger partial charge in [0.1, 0.15) is 11.4 Å². The second-order valence-corrected chi connectivity index (χ2v) is 7.27. The van der Waals surface area contributed by atoms with Crippen LogP contribution in [0.3, 0.4) is 0 Å². The second kappa shape index (κ2) is 9.83. The fourth-order valence-corrected chi connectivity index (χ4v) is 3.33. The maximum atomic E-state index is 13.3. The molecule has 1 saturated heterocycles. The van der Waals surface area contributed by atoms with Crippen molar-refractivity contribution in [3.8, 4) is 5.75 Å². The van der Waals surface area contributed by atoms with Crippen LogP contribution < -0.4 is 20.5 Å². The topological polar surface area (TPSA) is 131 Å². The van der Waals surface area contributed by atoms with Crippen LogP contribution in [0.2, 0.25) is 0 Å². The van der Waals surface area contributed by atoms with Gasteiger partial charge in [0.2, 0.25) is 5.75 Å². The number of para-hydroxylation sites is 2. The van der Waals surface area contributed by atoms with Crippen LogP contribution in [-0.2, 0) is 14.4 Å². The Morgan fingerprint density at radius 3 is 2.54 bits per heavy atom. The van der Waals surface area contributed by atoms with Crippen molar-refractivity contribution in [3.05, 3.63) is 99.9 Å². The van der Waals surface area contributed by atoms with Crippen LogP contribution in [0.5, 0.6) is 5.75 Å². The Hall–Kier alpha value is -5.06. The minimum Gasteiger partial charge on any atom is -0.476 e. The molecule has 0 radical (unpaired) electrons. The lowest BCUT2D eigenvalue weighted by Gasteiger charge is -2.14. The van der Waals surface area contributed by atoms with Crippen molar-refractivity contribution in [2.75, 3.05) is 16.9 Å². The van der Waals surface area contributed by atoms with Gasteiger partial charge in [-0.15, -0.1) is 0 Å². The van der Waals surface area contributed by atoms with Crippen LogP contribution in [0, 0.1) is 15.9 Å². The first kappa shape index (κ1) is 23.1. The third-order valence-corrected chi connectivity index (χ3v) is 4.88. The lowest BCUT2D eigenvalue weighted by molar-refractivity contribution is -0.385. The SMILES string of the molecule is O=C(COc1c(C=C2C(=O)NN(c3ccccc3)C2=O)cccc1[N+](=O)[O-])Nc1cccc(F)c1. The molecule has 11 heteroatoms. The molecular formula is C24H17FN4O6. The number of anilines is 2. The van der Waals surface area contributed by atoms with Gasteiger partial charge in [-0.05, 0) is 36.4 Å². The molecule has 0 aliphatic carbocycles. The van der Waals surface area contributed by atoms with Crippen molar-refractivity contribution in [1.29, 1.82) is 0 Å². The number of nitro groups is 1. The van der Waals surface area contributed by atoms with Crippen molar-refractivity contribution in [1.82, 2.24) is 5.43 Å². The van der Waals surface area contributed by atoms with Crippen molar-refractivity contribution in [2.24, 2.45) is 0 Å². The first-order chi connectivity index (χ1) is 16.8. The van der Waals surface area contributed by atoms with Gasteiger partial charge in [-0.1, -0.05) is 36.4 Å². The molecule has 2 N–H and O–H groups in total. The van der Waals surface area contributed by atoms with E-state index in [9.17, 15) is 28.9 Å². The number of amides is 3. The van der Waals surface area contributed by atoms with Gasteiger partial charge in [-0.2, -0.15) is 0 Å². The van der Waals surface area contributed by atoms with Crippen molar-refractivity contribution in [2.45, 2.75) is 0 Å². The molecule has 0 spiro atoms. The number of hydrogen-bond donors (Lipinski definition) is 2. The highest BCUT2D eigenvalue weighted by Crippen LogP contribution is 2.33. The van der Waals surface area contributed by atoms with E-state index in [-0.39, 0.29) is 22.6 Å². The smallest absolute Gasteiger partial charge is 0.311 e. The summed E-state index contributed by atoms with van der Waals surface area (Å²) < 4.78 is 18.8. The number of benzene rings is 3. The van der Waals surface area contributed by atoms with Crippen LogP contribution in [-0.4, -0.2) is 29.3 Å². The summed E-state index contributed by atoms with van der Waals surface area (Å²) in [4.78, 5) is 48.5. The predicted molar refractivity (Wildman–Crippen MR) is 124 cm³/mol. The van der Waals surface area contributed by atoms with Crippen molar-refractivity contribution < 1.29 is 28.4 Å². The zero-order valence-electron chi connectivity index (χ0n) is 17.9. The Morgan fingerprint density at radius 1 is 1.09 bits per heavy atom. The van der Waals surface area contributed by atoms with Crippen LogP contribution >= 0.6 is 0 Å². The summed E-state index contributed by atoms with van der Waals surface area (Å²) in [7, 11) is 0. The summed E-state index contributed by atoms with van der Waals surface area (Å²) in [5.41, 5.74) is 2.35. The number of nitrogens with zero attached hydrogens (tertiary/aromatic N) is 2. The lowest BCUT2D eigenvalue weighted by Crippen LogP contribution is -2.35. The summed E-state index contributed by atoms with van der Waals surface area (Å²) >= 11 is 0. The van der Waals surface area contributed by atoms with Gasteiger partial charge in [-0.25, -0.2) is 9.40 Å². The predicted octanol–water partition coefficient (Wildman–Crippen LogP) is 3.21. The molecule has 0 bridgehead atoms. The van der Waals surface area contributed by atoms with E-state index in [0.29, 0.717) is 5.69 Å². The standard InChI is InChI=1S/C24H17FN4O6/c25-16-7-5-8-17(13-16)26-21(30)14-35-22-15(6-4-11-20(22)29(33)34)12-19-23(31)27-28(24(19)32)18-9-2-1-3-10-18/h1-13H,14H2,(H,26,30)(H,27,31). The number of nitrogens with one attached hydrogen (secondary N) is 2. The molecule has 0 saturated carbocycles. The third kappa shape index (κ3) is 5.14. The van der Waals surface area contributed by atoms with E-state index in [1.165, 1.54) is 30.3 Å². The van der Waals surface area contributed by atoms with Crippen LogP contribution in [0.1, 0.15) is 5.56 Å². The Bertz CT molecular complexity index is 1360. The summed E-state index contributed by atoms with van der Waals surface area (Å²) in [5.74, 6) is -2.93. The number of hydrazine groups is 1. The zero-order valence-corrected chi connectivity index (χ0v) is 17.9. The molecule has 4 rings (SSSR count). The van der Waals surface area contributed by atoms with Gasteiger partial charge in [-0.3, -0.25) is 29.9 Å². The minimum absolute atomic E-state index is 0.0474. The normalized spacial score (nSPS) is 14.1. The summed E-state index contributed by atoms with van der Waals surface area (Å²) in [6, 6.07) is 17.5. The van der Waals surface area contributed by atoms with Crippen molar-refractivity contribution in [3.63, 3.8) is 0 Å². The first-order valence-electron chi connectivity index (χ1n) is 10.2. The Balaban J connectivity index is 1.60. The quantitative estimate of drug-likeness (QED) is 0.233. The average molecular weight is 476 g/mol. The van der Waals surface area contributed by atoms with E-state index >= 15 is 0 Å². The molecule has 10 nitrogen and oxygen atoms in total. The largest absolute Gasteiger partial charge is 0.476 e. The molecule has 1 heterocycles. The van der Waals surface area contributed by atoms with Crippen LogP contribution in [0.25, 0.3) is 6.08 Å². The monoisotopic (exact) mass is 476 g/mol. The Labute approximate surface area is 197 Å². The fourth-order valence-electron chi connectivity index (χ4n) is 3.33. The molecule has 0 unspecified atom stereocenters. The number of hydrogen-bond acceptors (Lipinski definition) is 6. The van der Waals surface area contributed by atoms with Gasteiger partial charge in [0.25, 0.3) is 17.7 Å². The highest BCUT2D eigenvalue weighted by atomic mass is 19.1. The van der Waals surface area contributed by atoms with Gasteiger partial charge in [0, 0.05) is 17.3 Å². The molecular weight excluding hydrogens is 459 g/mol. The van der Waals surface area contributed by atoms with E-state index in [0.717, 1.165) is 23.2 Å².